The third kappa shape index (κ3) is 2.74. The van der Waals surface area contributed by atoms with Gasteiger partial charge in [0.15, 0.2) is 0 Å². The number of carbonyl (C=O) groups is 3. The smallest absolute Gasteiger partial charge is 0.322 e. The maximum absolute atomic E-state index is 12.8. The van der Waals surface area contributed by atoms with E-state index < -0.39 is 11.6 Å². The quantitative estimate of drug-likeness (QED) is 0.738. The molecule has 130 valence electrons. The first-order valence-corrected chi connectivity index (χ1v) is 8.40. The number of nitrogens with one attached hydrogen (secondary N) is 2. The number of fused-ring (bicyclic) bond motifs is 1. The van der Waals surface area contributed by atoms with Crippen LogP contribution >= 0.6 is 11.6 Å². The number of benzene rings is 1. The molecule has 3 aliphatic rings. The minimum Gasteiger partial charge on any atom is -0.488 e. The Morgan fingerprint density at radius 3 is 2.68 bits per heavy atom. The first kappa shape index (κ1) is 16.0. The molecule has 0 bridgehead atoms. The topological polar surface area (TPSA) is 87.7 Å². The van der Waals surface area contributed by atoms with Gasteiger partial charge >= 0.3 is 6.03 Å². The summed E-state index contributed by atoms with van der Waals surface area (Å²) in [5, 5.41) is 5.53. The minimum atomic E-state index is -0.883. The second-order valence-corrected chi connectivity index (χ2v) is 6.86. The van der Waals surface area contributed by atoms with Crippen molar-refractivity contribution in [3.63, 3.8) is 0 Å². The number of urea groups is 1. The Balaban J connectivity index is 1.48. The summed E-state index contributed by atoms with van der Waals surface area (Å²) < 4.78 is 5.63. The normalized spacial score (nSPS) is 21.2. The van der Waals surface area contributed by atoms with Crippen LogP contribution < -0.4 is 15.4 Å². The molecule has 8 heteroatoms. The van der Waals surface area contributed by atoms with Crippen LogP contribution in [0.2, 0.25) is 5.02 Å². The summed E-state index contributed by atoms with van der Waals surface area (Å²) >= 11 is 5.99. The van der Waals surface area contributed by atoms with Crippen LogP contribution in [-0.4, -0.2) is 48.0 Å². The molecule has 25 heavy (non-hydrogen) atoms. The molecule has 4 rings (SSSR count). The van der Waals surface area contributed by atoms with Gasteiger partial charge in [0.1, 0.15) is 17.9 Å². The summed E-state index contributed by atoms with van der Waals surface area (Å²) in [5.41, 5.74) is 0.439. The molecule has 0 aromatic heterocycles. The summed E-state index contributed by atoms with van der Waals surface area (Å²) in [6, 6.07) is 4.81. The number of imide groups is 1. The van der Waals surface area contributed by atoms with Gasteiger partial charge in [0, 0.05) is 23.7 Å². The molecule has 2 N–H and O–H groups in total. The van der Waals surface area contributed by atoms with Crippen molar-refractivity contribution in [2.75, 3.05) is 19.7 Å². The molecule has 1 spiro atoms. The molecule has 4 amide bonds. The van der Waals surface area contributed by atoms with Crippen molar-refractivity contribution >= 4 is 35.5 Å². The number of halogens is 1. The SMILES string of the molecule is O=C1NC(=O)C2(CCN(C(=O)C3=Cc4cc(Cl)ccc4OC3)CC2)N1. The van der Waals surface area contributed by atoms with Crippen molar-refractivity contribution in [2.45, 2.75) is 18.4 Å². The third-order valence-electron chi connectivity index (χ3n) is 4.88. The predicted octanol–water partition coefficient (Wildman–Crippen LogP) is 1.32. The first-order chi connectivity index (χ1) is 12.0. The minimum absolute atomic E-state index is 0.120. The highest BCUT2D eigenvalue weighted by Crippen LogP contribution is 2.31. The maximum atomic E-state index is 12.8. The highest BCUT2D eigenvalue weighted by atomic mass is 35.5. The Labute approximate surface area is 148 Å². The number of piperidine rings is 1. The molecule has 3 aliphatic heterocycles. The monoisotopic (exact) mass is 361 g/mol. The van der Waals surface area contributed by atoms with E-state index in [1.165, 1.54) is 0 Å². The van der Waals surface area contributed by atoms with Gasteiger partial charge in [0.05, 0.1) is 5.57 Å². The Kier molecular flexibility index (Phi) is 3.68. The summed E-state index contributed by atoms with van der Waals surface area (Å²) in [7, 11) is 0. The molecule has 2 saturated heterocycles. The van der Waals surface area contributed by atoms with Gasteiger partial charge in [0.2, 0.25) is 0 Å². The molecule has 0 atom stereocenters. The fourth-order valence-corrected chi connectivity index (χ4v) is 3.63. The van der Waals surface area contributed by atoms with Crippen molar-refractivity contribution in [2.24, 2.45) is 0 Å². The molecule has 0 radical (unpaired) electrons. The van der Waals surface area contributed by atoms with Gasteiger partial charge in [0.25, 0.3) is 11.8 Å². The van der Waals surface area contributed by atoms with Crippen LogP contribution in [0.3, 0.4) is 0 Å². The van der Waals surface area contributed by atoms with Crippen molar-refractivity contribution < 1.29 is 19.1 Å². The molecular formula is C17H16ClN3O4. The number of nitrogens with zero attached hydrogens (tertiary/aromatic N) is 1. The average Bonchev–Trinajstić information content (AvgIpc) is 2.87. The fourth-order valence-electron chi connectivity index (χ4n) is 3.45. The number of ether oxygens (including phenoxy) is 1. The van der Waals surface area contributed by atoms with Gasteiger partial charge in [-0.2, -0.15) is 0 Å². The van der Waals surface area contributed by atoms with Gasteiger partial charge in [-0.1, -0.05) is 11.6 Å². The van der Waals surface area contributed by atoms with Gasteiger partial charge in [-0.3, -0.25) is 14.9 Å². The van der Waals surface area contributed by atoms with E-state index in [0.29, 0.717) is 42.3 Å². The molecule has 0 unspecified atom stereocenters. The highest BCUT2D eigenvalue weighted by Gasteiger charge is 2.48. The van der Waals surface area contributed by atoms with E-state index in [4.69, 9.17) is 16.3 Å². The fraction of sp³-hybridized carbons (Fsp3) is 0.353. The van der Waals surface area contributed by atoms with Crippen LogP contribution in [0.1, 0.15) is 18.4 Å². The molecule has 2 fully saturated rings. The number of carbonyl (C=O) groups excluding carboxylic acids is 3. The molecule has 1 aromatic rings. The lowest BCUT2D eigenvalue weighted by Gasteiger charge is -2.37. The summed E-state index contributed by atoms with van der Waals surface area (Å²) in [6.45, 7) is 0.991. The largest absolute Gasteiger partial charge is 0.488 e. The zero-order valence-electron chi connectivity index (χ0n) is 13.3. The van der Waals surface area contributed by atoms with Gasteiger partial charge in [-0.25, -0.2) is 4.79 Å². The molecule has 0 saturated carbocycles. The number of likely N-dealkylation sites (tertiary alicyclic amines) is 1. The molecule has 1 aromatic carbocycles. The zero-order valence-corrected chi connectivity index (χ0v) is 14.1. The lowest BCUT2D eigenvalue weighted by atomic mass is 9.87. The number of rotatable bonds is 1. The standard InChI is InChI=1S/C17H16ClN3O4/c18-12-1-2-13-10(8-12)7-11(9-25-13)14(22)21-5-3-17(4-6-21)15(23)19-16(24)20-17/h1-2,7-8H,3-6,9H2,(H2,19,20,23,24). The van der Waals surface area contributed by atoms with Gasteiger partial charge in [-0.15, -0.1) is 0 Å². The summed E-state index contributed by atoms with van der Waals surface area (Å²) in [5.74, 6) is 0.266. The van der Waals surface area contributed by atoms with Crippen LogP contribution in [0.4, 0.5) is 4.79 Å². The molecule has 0 aliphatic carbocycles. The zero-order chi connectivity index (χ0) is 17.6. The average molecular weight is 362 g/mol. The molecular weight excluding hydrogens is 346 g/mol. The van der Waals surface area contributed by atoms with E-state index in [1.54, 1.807) is 29.2 Å². The van der Waals surface area contributed by atoms with E-state index in [9.17, 15) is 14.4 Å². The van der Waals surface area contributed by atoms with E-state index in [1.807, 2.05) is 0 Å². The number of amides is 4. The molecule has 7 nitrogen and oxygen atoms in total. The highest BCUT2D eigenvalue weighted by molar-refractivity contribution is 6.30. The molecule has 3 heterocycles. The van der Waals surface area contributed by atoms with Crippen LogP contribution in [0.5, 0.6) is 5.75 Å². The first-order valence-electron chi connectivity index (χ1n) is 8.03. The van der Waals surface area contributed by atoms with Gasteiger partial charge < -0.3 is 15.0 Å². The van der Waals surface area contributed by atoms with Crippen molar-refractivity contribution in [1.82, 2.24) is 15.5 Å². The predicted molar refractivity (Wildman–Crippen MR) is 90.1 cm³/mol. The Bertz CT molecular complexity index is 812. The van der Waals surface area contributed by atoms with Crippen molar-refractivity contribution in [3.05, 3.63) is 34.4 Å². The Morgan fingerprint density at radius 2 is 2.00 bits per heavy atom. The van der Waals surface area contributed by atoms with Crippen LogP contribution in [-0.2, 0) is 9.59 Å². The number of hydrogen-bond donors (Lipinski definition) is 2. The Morgan fingerprint density at radius 1 is 1.24 bits per heavy atom. The summed E-state index contributed by atoms with van der Waals surface area (Å²) in [4.78, 5) is 37.8. The van der Waals surface area contributed by atoms with E-state index >= 15 is 0 Å². The second-order valence-electron chi connectivity index (χ2n) is 6.42. The van der Waals surface area contributed by atoms with E-state index in [0.717, 1.165) is 5.56 Å². The lowest BCUT2D eigenvalue weighted by Crippen LogP contribution is -2.56. The number of hydrogen-bond acceptors (Lipinski definition) is 4. The van der Waals surface area contributed by atoms with E-state index in [2.05, 4.69) is 10.6 Å². The lowest BCUT2D eigenvalue weighted by molar-refractivity contribution is -0.133. The Hall–Kier alpha value is -2.54. The van der Waals surface area contributed by atoms with Crippen LogP contribution in [0.25, 0.3) is 6.08 Å². The van der Waals surface area contributed by atoms with Crippen molar-refractivity contribution in [1.29, 1.82) is 0 Å². The van der Waals surface area contributed by atoms with Crippen LogP contribution in [0.15, 0.2) is 23.8 Å². The van der Waals surface area contributed by atoms with E-state index in [-0.39, 0.29) is 18.4 Å². The summed E-state index contributed by atoms with van der Waals surface area (Å²) in [6.07, 6.45) is 2.58. The van der Waals surface area contributed by atoms with Crippen molar-refractivity contribution in [3.8, 4) is 5.75 Å². The van der Waals surface area contributed by atoms with Gasteiger partial charge in [-0.05, 0) is 37.1 Å². The third-order valence-corrected chi connectivity index (χ3v) is 5.11. The maximum Gasteiger partial charge on any atom is 0.322 e. The second kappa shape index (κ2) is 5.77. The van der Waals surface area contributed by atoms with Crippen LogP contribution in [0, 0.1) is 0 Å².